The van der Waals surface area contributed by atoms with Crippen molar-refractivity contribution in [2.75, 3.05) is 20.8 Å². The highest BCUT2D eigenvalue weighted by Gasteiger charge is 2.14. The summed E-state index contributed by atoms with van der Waals surface area (Å²) in [5.41, 5.74) is 1.20. The van der Waals surface area contributed by atoms with E-state index in [1.54, 1.807) is 14.2 Å². The molecule has 1 unspecified atom stereocenters. The van der Waals surface area contributed by atoms with Crippen LogP contribution in [0.4, 0.5) is 0 Å². The van der Waals surface area contributed by atoms with Crippen molar-refractivity contribution in [1.29, 1.82) is 0 Å². The van der Waals surface area contributed by atoms with E-state index in [2.05, 4.69) is 25.2 Å². The van der Waals surface area contributed by atoms with Gasteiger partial charge < -0.3 is 14.8 Å². The van der Waals surface area contributed by atoms with Gasteiger partial charge in [-0.2, -0.15) is 0 Å². The fraction of sp³-hybridized carbons (Fsp3) is 0.571. The summed E-state index contributed by atoms with van der Waals surface area (Å²) in [5, 5.41) is 3.53. The zero-order valence-electron chi connectivity index (χ0n) is 11.2. The van der Waals surface area contributed by atoms with Gasteiger partial charge in [0.25, 0.3) is 0 Å². The van der Waals surface area contributed by atoms with Crippen molar-refractivity contribution in [2.45, 2.75) is 32.7 Å². The SMILES string of the molecule is CCCNC(CC)c1ccc(OC)cc1OC. The lowest BCUT2D eigenvalue weighted by Gasteiger charge is -2.20. The van der Waals surface area contributed by atoms with Crippen molar-refractivity contribution in [3.05, 3.63) is 23.8 Å². The summed E-state index contributed by atoms with van der Waals surface area (Å²) in [7, 11) is 3.37. The van der Waals surface area contributed by atoms with Gasteiger partial charge in [-0.1, -0.05) is 19.9 Å². The Labute approximate surface area is 104 Å². The summed E-state index contributed by atoms with van der Waals surface area (Å²) in [6.07, 6.45) is 2.18. The van der Waals surface area contributed by atoms with E-state index < -0.39 is 0 Å². The maximum Gasteiger partial charge on any atom is 0.127 e. The van der Waals surface area contributed by atoms with Gasteiger partial charge in [-0.3, -0.25) is 0 Å². The van der Waals surface area contributed by atoms with Crippen LogP contribution in [0.15, 0.2) is 18.2 Å². The van der Waals surface area contributed by atoms with Gasteiger partial charge in [-0.25, -0.2) is 0 Å². The lowest BCUT2D eigenvalue weighted by atomic mass is 10.0. The first-order valence-electron chi connectivity index (χ1n) is 6.22. The van der Waals surface area contributed by atoms with E-state index in [1.165, 1.54) is 5.56 Å². The maximum absolute atomic E-state index is 5.43. The Kier molecular flexibility index (Phi) is 5.84. The average molecular weight is 237 g/mol. The number of ether oxygens (including phenoxy) is 2. The molecular formula is C14H23NO2. The molecule has 1 atom stereocenters. The number of hydrogen-bond acceptors (Lipinski definition) is 3. The summed E-state index contributed by atoms with van der Waals surface area (Å²) in [6, 6.07) is 6.34. The van der Waals surface area contributed by atoms with Crippen LogP contribution in [0.1, 0.15) is 38.3 Å². The molecule has 0 bridgehead atoms. The fourth-order valence-corrected chi connectivity index (χ4v) is 1.90. The van der Waals surface area contributed by atoms with Gasteiger partial charge in [0.05, 0.1) is 14.2 Å². The van der Waals surface area contributed by atoms with Crippen molar-refractivity contribution < 1.29 is 9.47 Å². The molecule has 0 aromatic heterocycles. The maximum atomic E-state index is 5.43. The molecule has 0 saturated heterocycles. The van der Waals surface area contributed by atoms with Gasteiger partial charge in [0.15, 0.2) is 0 Å². The molecule has 0 amide bonds. The van der Waals surface area contributed by atoms with Crippen LogP contribution in [0.2, 0.25) is 0 Å². The Bertz CT molecular complexity index is 339. The van der Waals surface area contributed by atoms with Gasteiger partial charge in [-0.05, 0) is 25.5 Å². The average Bonchev–Trinajstić information content (AvgIpc) is 2.39. The van der Waals surface area contributed by atoms with Crippen LogP contribution < -0.4 is 14.8 Å². The molecule has 96 valence electrons. The molecule has 0 saturated carbocycles. The molecule has 3 nitrogen and oxygen atoms in total. The molecule has 1 aromatic rings. The monoisotopic (exact) mass is 237 g/mol. The van der Waals surface area contributed by atoms with E-state index in [0.29, 0.717) is 6.04 Å². The number of methoxy groups -OCH3 is 2. The molecule has 0 heterocycles. The summed E-state index contributed by atoms with van der Waals surface area (Å²) < 4.78 is 10.6. The number of hydrogen-bond donors (Lipinski definition) is 1. The highest BCUT2D eigenvalue weighted by molar-refractivity contribution is 5.42. The second kappa shape index (κ2) is 7.17. The van der Waals surface area contributed by atoms with E-state index in [1.807, 2.05) is 12.1 Å². The molecule has 1 aromatic carbocycles. The summed E-state index contributed by atoms with van der Waals surface area (Å²) in [5.74, 6) is 1.72. The summed E-state index contributed by atoms with van der Waals surface area (Å²) in [4.78, 5) is 0. The van der Waals surface area contributed by atoms with Crippen molar-refractivity contribution >= 4 is 0 Å². The minimum absolute atomic E-state index is 0.343. The topological polar surface area (TPSA) is 30.5 Å². The van der Waals surface area contributed by atoms with Crippen LogP contribution in [-0.2, 0) is 0 Å². The summed E-state index contributed by atoms with van der Waals surface area (Å²) in [6.45, 7) is 5.37. The lowest BCUT2D eigenvalue weighted by molar-refractivity contribution is 0.383. The molecule has 0 fully saturated rings. The third kappa shape index (κ3) is 3.63. The van der Waals surface area contributed by atoms with Crippen LogP contribution in [0.25, 0.3) is 0 Å². The smallest absolute Gasteiger partial charge is 0.127 e. The zero-order valence-corrected chi connectivity index (χ0v) is 11.2. The van der Waals surface area contributed by atoms with Gasteiger partial charge >= 0.3 is 0 Å². The first-order valence-corrected chi connectivity index (χ1v) is 6.22. The van der Waals surface area contributed by atoms with E-state index >= 15 is 0 Å². The number of benzene rings is 1. The molecule has 0 spiro atoms. The Morgan fingerprint density at radius 2 is 1.94 bits per heavy atom. The standard InChI is InChI=1S/C14H23NO2/c1-5-9-15-13(6-2)12-8-7-11(16-3)10-14(12)17-4/h7-8,10,13,15H,5-6,9H2,1-4H3. The first-order chi connectivity index (χ1) is 8.26. The van der Waals surface area contributed by atoms with Gasteiger partial charge in [-0.15, -0.1) is 0 Å². The molecule has 1 N–H and O–H groups in total. The zero-order chi connectivity index (χ0) is 12.7. The Balaban J connectivity index is 2.93. The first kappa shape index (κ1) is 13.8. The molecule has 0 aliphatic rings. The molecule has 0 radical (unpaired) electrons. The van der Waals surface area contributed by atoms with Crippen LogP contribution in [0, 0.1) is 0 Å². The lowest BCUT2D eigenvalue weighted by Crippen LogP contribution is -2.21. The van der Waals surface area contributed by atoms with Gasteiger partial charge in [0.2, 0.25) is 0 Å². The molecule has 0 aliphatic carbocycles. The van der Waals surface area contributed by atoms with Crippen molar-refractivity contribution in [2.24, 2.45) is 0 Å². The van der Waals surface area contributed by atoms with Crippen molar-refractivity contribution in [3.63, 3.8) is 0 Å². The minimum Gasteiger partial charge on any atom is -0.497 e. The quantitative estimate of drug-likeness (QED) is 0.790. The van der Waals surface area contributed by atoms with E-state index in [4.69, 9.17) is 9.47 Å². The largest absolute Gasteiger partial charge is 0.497 e. The van der Waals surface area contributed by atoms with Gasteiger partial charge in [0.1, 0.15) is 11.5 Å². The summed E-state index contributed by atoms with van der Waals surface area (Å²) >= 11 is 0. The highest BCUT2D eigenvalue weighted by atomic mass is 16.5. The highest BCUT2D eigenvalue weighted by Crippen LogP contribution is 2.30. The van der Waals surface area contributed by atoms with E-state index in [9.17, 15) is 0 Å². The van der Waals surface area contributed by atoms with Crippen molar-refractivity contribution in [3.8, 4) is 11.5 Å². The number of rotatable bonds is 7. The molecule has 1 rings (SSSR count). The van der Waals surface area contributed by atoms with Crippen LogP contribution in [-0.4, -0.2) is 20.8 Å². The number of nitrogens with one attached hydrogen (secondary N) is 1. The van der Waals surface area contributed by atoms with E-state index in [-0.39, 0.29) is 0 Å². The van der Waals surface area contributed by atoms with Crippen LogP contribution in [0.3, 0.4) is 0 Å². The molecule has 0 aliphatic heterocycles. The Morgan fingerprint density at radius 3 is 2.47 bits per heavy atom. The van der Waals surface area contributed by atoms with Crippen molar-refractivity contribution in [1.82, 2.24) is 5.32 Å². The molecule has 17 heavy (non-hydrogen) atoms. The molecular weight excluding hydrogens is 214 g/mol. The normalized spacial score (nSPS) is 12.2. The second-order valence-corrected chi connectivity index (χ2v) is 4.02. The van der Waals surface area contributed by atoms with E-state index in [0.717, 1.165) is 30.9 Å². The van der Waals surface area contributed by atoms with Crippen LogP contribution >= 0.6 is 0 Å². The predicted molar refractivity (Wildman–Crippen MR) is 70.9 cm³/mol. The third-order valence-corrected chi connectivity index (χ3v) is 2.87. The predicted octanol–water partition coefficient (Wildman–Crippen LogP) is 3.15. The van der Waals surface area contributed by atoms with Crippen LogP contribution in [0.5, 0.6) is 11.5 Å². The second-order valence-electron chi connectivity index (χ2n) is 4.02. The van der Waals surface area contributed by atoms with Gasteiger partial charge in [0, 0.05) is 17.7 Å². The fourth-order valence-electron chi connectivity index (χ4n) is 1.90. The Morgan fingerprint density at radius 1 is 1.18 bits per heavy atom. The molecule has 3 heteroatoms. The minimum atomic E-state index is 0.343. The Hall–Kier alpha value is -1.22. The third-order valence-electron chi connectivity index (χ3n) is 2.87.